The van der Waals surface area contributed by atoms with Gasteiger partial charge in [0.1, 0.15) is 13.2 Å². The van der Waals surface area contributed by atoms with Crippen molar-refractivity contribution in [2.75, 3.05) is 40.9 Å². The Bertz CT molecular complexity index is 891. The molecule has 8 nitrogen and oxygen atoms in total. The van der Waals surface area contributed by atoms with Crippen LogP contribution in [0.15, 0.2) is 24.3 Å². The summed E-state index contributed by atoms with van der Waals surface area (Å²) in [5, 5.41) is 13.7. The number of nitrogens with one attached hydrogen (secondary N) is 1. The molecule has 0 aromatic rings. The van der Waals surface area contributed by atoms with Crippen LogP contribution in [0.4, 0.5) is 0 Å². The van der Waals surface area contributed by atoms with E-state index in [1.807, 2.05) is 21.1 Å². The average molecular weight is 743 g/mol. The van der Waals surface area contributed by atoms with E-state index < -0.39 is 20.0 Å². The van der Waals surface area contributed by atoms with Crippen LogP contribution in [0.25, 0.3) is 0 Å². The molecule has 0 saturated carbocycles. The van der Waals surface area contributed by atoms with Crippen molar-refractivity contribution >= 4 is 13.7 Å². The largest absolute Gasteiger partial charge is 0.756 e. The van der Waals surface area contributed by atoms with Gasteiger partial charge in [-0.2, -0.15) is 0 Å². The lowest BCUT2D eigenvalue weighted by molar-refractivity contribution is -0.870. The van der Waals surface area contributed by atoms with Crippen LogP contribution in [-0.2, 0) is 18.4 Å². The van der Waals surface area contributed by atoms with Crippen molar-refractivity contribution in [3.05, 3.63) is 24.3 Å². The molecule has 0 fully saturated rings. The zero-order valence-corrected chi connectivity index (χ0v) is 35.0. The van der Waals surface area contributed by atoms with Crippen LogP contribution in [0.3, 0.4) is 0 Å². The summed E-state index contributed by atoms with van der Waals surface area (Å²) in [6, 6.07) is -0.796. The van der Waals surface area contributed by atoms with Crippen LogP contribution in [0, 0.1) is 0 Å². The van der Waals surface area contributed by atoms with E-state index in [0.717, 1.165) is 44.9 Å². The van der Waals surface area contributed by atoms with Gasteiger partial charge in [0.25, 0.3) is 7.82 Å². The number of nitrogens with zero attached hydrogens (tertiary/aromatic N) is 1. The second-order valence-electron chi connectivity index (χ2n) is 15.7. The maximum atomic E-state index is 12.8. The van der Waals surface area contributed by atoms with Crippen molar-refractivity contribution in [3.8, 4) is 0 Å². The molecule has 0 radical (unpaired) electrons. The van der Waals surface area contributed by atoms with Gasteiger partial charge >= 0.3 is 0 Å². The molecule has 0 saturated heterocycles. The van der Waals surface area contributed by atoms with Crippen molar-refractivity contribution < 1.29 is 32.9 Å². The molecular weight excluding hydrogens is 659 g/mol. The molecule has 0 aliphatic carbocycles. The normalized spacial score (nSPS) is 14.7. The Morgan fingerprint density at radius 1 is 0.686 bits per heavy atom. The first-order valence-corrected chi connectivity index (χ1v) is 22.6. The van der Waals surface area contributed by atoms with Crippen LogP contribution < -0.4 is 10.2 Å². The topological polar surface area (TPSA) is 108 Å². The van der Waals surface area contributed by atoms with E-state index >= 15 is 0 Å². The van der Waals surface area contributed by atoms with E-state index in [4.69, 9.17) is 9.05 Å². The number of carbonyl (C=O) groups excluding carboxylic acids is 1. The number of rotatable bonds is 38. The highest BCUT2D eigenvalue weighted by Gasteiger charge is 2.24. The van der Waals surface area contributed by atoms with Gasteiger partial charge in [-0.1, -0.05) is 160 Å². The van der Waals surface area contributed by atoms with Gasteiger partial charge in [-0.05, 0) is 44.9 Å². The van der Waals surface area contributed by atoms with Crippen molar-refractivity contribution in [1.29, 1.82) is 0 Å². The number of aliphatic hydroxyl groups is 1. The summed E-state index contributed by atoms with van der Waals surface area (Å²) in [4.78, 5) is 25.1. The summed E-state index contributed by atoms with van der Waals surface area (Å²) >= 11 is 0. The third kappa shape index (κ3) is 37.1. The number of unbranched alkanes of at least 4 members (excludes halogenated alkanes) is 21. The number of amides is 1. The minimum Gasteiger partial charge on any atom is -0.756 e. The lowest BCUT2D eigenvalue weighted by Gasteiger charge is -2.30. The Morgan fingerprint density at radius 3 is 1.63 bits per heavy atom. The quantitative estimate of drug-likeness (QED) is 0.0282. The molecule has 0 aliphatic heterocycles. The number of hydrogen-bond acceptors (Lipinski definition) is 6. The minimum absolute atomic E-state index is 0.0115. The van der Waals surface area contributed by atoms with Gasteiger partial charge in [-0.25, -0.2) is 0 Å². The highest BCUT2D eigenvalue weighted by molar-refractivity contribution is 7.45. The monoisotopic (exact) mass is 743 g/mol. The van der Waals surface area contributed by atoms with Gasteiger partial charge in [-0.3, -0.25) is 9.36 Å². The first kappa shape index (κ1) is 50.0. The third-order valence-corrected chi connectivity index (χ3v) is 10.4. The van der Waals surface area contributed by atoms with Crippen molar-refractivity contribution in [3.63, 3.8) is 0 Å². The van der Waals surface area contributed by atoms with Crippen LogP contribution in [-0.4, -0.2) is 68.5 Å². The average Bonchev–Trinajstić information content (AvgIpc) is 3.07. The molecule has 0 bridgehead atoms. The summed E-state index contributed by atoms with van der Waals surface area (Å²) in [7, 11) is 1.30. The van der Waals surface area contributed by atoms with E-state index in [1.165, 1.54) is 116 Å². The fraction of sp³-hybridized carbons (Fsp3) is 0.881. The Balaban J connectivity index is 4.09. The van der Waals surface area contributed by atoms with Gasteiger partial charge in [0.15, 0.2) is 0 Å². The number of quaternary nitrogens is 1. The number of carbonyl (C=O) groups is 1. The number of aliphatic hydroxyl groups excluding tert-OH is 1. The lowest BCUT2D eigenvalue weighted by atomic mass is 10.0. The van der Waals surface area contributed by atoms with Crippen LogP contribution >= 0.6 is 7.82 Å². The zero-order chi connectivity index (χ0) is 37.9. The number of likely N-dealkylation sites (N-methyl/N-ethyl adjacent to an activating group) is 1. The molecule has 2 N–H and O–H groups in total. The predicted molar refractivity (Wildman–Crippen MR) is 215 cm³/mol. The number of phosphoric acid groups is 1. The Kier molecular flexibility index (Phi) is 34.0. The molecule has 0 aromatic heterocycles. The smallest absolute Gasteiger partial charge is 0.268 e. The Labute approximate surface area is 315 Å². The van der Waals surface area contributed by atoms with E-state index in [0.29, 0.717) is 23.9 Å². The molecule has 302 valence electrons. The highest BCUT2D eigenvalue weighted by atomic mass is 31.2. The Hall–Kier alpha value is -1.02. The molecule has 0 heterocycles. The van der Waals surface area contributed by atoms with Crippen LogP contribution in [0.2, 0.25) is 0 Å². The molecule has 51 heavy (non-hydrogen) atoms. The Morgan fingerprint density at radius 2 is 1.14 bits per heavy atom. The fourth-order valence-electron chi connectivity index (χ4n) is 6.01. The highest BCUT2D eigenvalue weighted by Crippen LogP contribution is 2.38. The van der Waals surface area contributed by atoms with Gasteiger partial charge < -0.3 is 28.8 Å². The number of phosphoric ester groups is 1. The first-order valence-electron chi connectivity index (χ1n) is 21.2. The summed E-state index contributed by atoms with van der Waals surface area (Å²) in [6.07, 6.45) is 39.3. The lowest BCUT2D eigenvalue weighted by Crippen LogP contribution is -2.46. The molecule has 1 amide bonds. The van der Waals surface area contributed by atoms with E-state index in [9.17, 15) is 19.4 Å². The number of allylic oxidation sites excluding steroid dienone is 4. The van der Waals surface area contributed by atoms with Crippen molar-refractivity contribution in [2.24, 2.45) is 0 Å². The third-order valence-electron chi connectivity index (χ3n) is 9.44. The molecule has 0 spiro atoms. The SMILES string of the molecule is CCCCCCC/C=C\C/C=C\CCCCCCCCCCCCCC(=O)NC(COP(=O)([O-])OCC[N+](C)(C)C)C(O)CCCCCCCC. The molecule has 0 aromatic carbocycles. The molecular formula is C42H83N2O6P. The summed E-state index contributed by atoms with van der Waals surface area (Å²) in [5.74, 6) is -0.173. The maximum Gasteiger partial charge on any atom is 0.268 e. The zero-order valence-electron chi connectivity index (χ0n) is 34.1. The van der Waals surface area contributed by atoms with Crippen LogP contribution in [0.5, 0.6) is 0 Å². The first-order chi connectivity index (χ1) is 24.5. The molecule has 0 rings (SSSR count). The molecule has 0 aliphatic rings. The molecule has 3 unspecified atom stereocenters. The maximum absolute atomic E-state index is 12.8. The van der Waals surface area contributed by atoms with Crippen molar-refractivity contribution in [2.45, 2.75) is 199 Å². The van der Waals surface area contributed by atoms with E-state index in [1.54, 1.807) is 0 Å². The summed E-state index contributed by atoms with van der Waals surface area (Å²) in [5.41, 5.74) is 0. The minimum atomic E-state index is -4.55. The van der Waals surface area contributed by atoms with Gasteiger partial charge in [0.05, 0.1) is 39.9 Å². The van der Waals surface area contributed by atoms with Gasteiger partial charge in [0.2, 0.25) is 5.91 Å². The predicted octanol–water partition coefficient (Wildman–Crippen LogP) is 10.7. The van der Waals surface area contributed by atoms with Crippen LogP contribution in [0.1, 0.15) is 187 Å². The summed E-state index contributed by atoms with van der Waals surface area (Å²) < 4.78 is 23.1. The molecule has 9 heteroatoms. The standard InChI is InChI=1S/C42H83N2O6P/c1-6-8-10-12-14-15-16-17-18-19-20-21-22-23-24-25-26-27-28-29-30-32-34-36-42(46)43-40(41(45)35-33-31-13-11-9-7-2)39-50-51(47,48)49-38-37-44(3,4)5/h16-17,19-20,40-41,45H,6-15,18,21-39H2,1-5H3,(H-,43,46,47,48)/b17-16-,20-19-. The van der Waals surface area contributed by atoms with E-state index in [2.05, 4.69) is 43.5 Å². The second-order valence-corrected chi connectivity index (χ2v) is 17.1. The van der Waals surface area contributed by atoms with Gasteiger partial charge in [-0.15, -0.1) is 0 Å². The summed E-state index contributed by atoms with van der Waals surface area (Å²) in [6.45, 7) is 4.63. The van der Waals surface area contributed by atoms with Crippen molar-refractivity contribution in [1.82, 2.24) is 5.32 Å². The van der Waals surface area contributed by atoms with Gasteiger partial charge in [0, 0.05) is 6.42 Å². The fourth-order valence-corrected chi connectivity index (χ4v) is 6.73. The molecule has 3 atom stereocenters. The number of hydrogen-bond donors (Lipinski definition) is 2. The second kappa shape index (κ2) is 34.7. The van der Waals surface area contributed by atoms with E-state index in [-0.39, 0.29) is 19.1 Å².